The number of amides is 1. The second-order valence-corrected chi connectivity index (χ2v) is 5.55. The van der Waals surface area contributed by atoms with E-state index in [2.05, 4.69) is 4.90 Å². The molecule has 1 unspecified atom stereocenters. The molecule has 0 aliphatic carbocycles. The van der Waals surface area contributed by atoms with Gasteiger partial charge in [-0.1, -0.05) is 25.1 Å². The molecule has 2 rings (SSSR count). The van der Waals surface area contributed by atoms with Crippen molar-refractivity contribution >= 4 is 11.9 Å². The zero-order valence-corrected chi connectivity index (χ0v) is 12.4. The lowest BCUT2D eigenvalue weighted by Crippen LogP contribution is -2.37. The SMILES string of the molecule is CC(CN1CCCN(C(=O)c2ccccc2)CC1)C(=O)O. The molecule has 0 aromatic heterocycles. The first-order chi connectivity index (χ1) is 10.1. The minimum absolute atomic E-state index is 0.0590. The fourth-order valence-corrected chi connectivity index (χ4v) is 2.59. The summed E-state index contributed by atoms with van der Waals surface area (Å²) in [5.41, 5.74) is 0.713. The fourth-order valence-electron chi connectivity index (χ4n) is 2.59. The van der Waals surface area contributed by atoms with Crippen LogP contribution in [0.25, 0.3) is 0 Å². The van der Waals surface area contributed by atoms with Gasteiger partial charge in [-0.05, 0) is 25.1 Å². The number of benzene rings is 1. The Balaban J connectivity index is 1.92. The van der Waals surface area contributed by atoms with Crippen LogP contribution in [0.3, 0.4) is 0 Å². The third kappa shape index (κ3) is 4.29. The van der Waals surface area contributed by atoms with Crippen molar-refractivity contribution in [2.24, 2.45) is 5.92 Å². The van der Waals surface area contributed by atoms with Gasteiger partial charge in [0, 0.05) is 31.7 Å². The lowest BCUT2D eigenvalue weighted by Gasteiger charge is -2.23. The van der Waals surface area contributed by atoms with Crippen molar-refractivity contribution in [2.75, 3.05) is 32.7 Å². The van der Waals surface area contributed by atoms with Crippen LogP contribution in [0.2, 0.25) is 0 Å². The second kappa shape index (κ2) is 7.22. The summed E-state index contributed by atoms with van der Waals surface area (Å²) in [5.74, 6) is -1.08. The molecule has 114 valence electrons. The van der Waals surface area contributed by atoms with E-state index in [0.29, 0.717) is 18.7 Å². The van der Waals surface area contributed by atoms with E-state index in [4.69, 9.17) is 5.11 Å². The van der Waals surface area contributed by atoms with Crippen LogP contribution in [0.1, 0.15) is 23.7 Å². The van der Waals surface area contributed by atoms with E-state index in [1.165, 1.54) is 0 Å². The Morgan fingerprint density at radius 1 is 1.14 bits per heavy atom. The number of rotatable bonds is 4. The predicted octanol–water partition coefficient (Wildman–Crippen LogP) is 1.56. The number of aliphatic carboxylic acids is 1. The highest BCUT2D eigenvalue weighted by Gasteiger charge is 2.22. The number of carbonyl (C=O) groups is 2. The Morgan fingerprint density at radius 3 is 2.52 bits per heavy atom. The smallest absolute Gasteiger partial charge is 0.307 e. The number of carboxylic acid groups (broad SMARTS) is 1. The summed E-state index contributed by atoms with van der Waals surface area (Å²) in [6.07, 6.45) is 0.880. The Kier molecular flexibility index (Phi) is 5.33. The maximum Gasteiger partial charge on any atom is 0.307 e. The normalized spacial score (nSPS) is 18.0. The highest BCUT2D eigenvalue weighted by molar-refractivity contribution is 5.94. The molecule has 1 heterocycles. The summed E-state index contributed by atoms with van der Waals surface area (Å²) >= 11 is 0. The third-order valence-corrected chi connectivity index (χ3v) is 3.85. The van der Waals surface area contributed by atoms with E-state index in [9.17, 15) is 9.59 Å². The number of carboxylic acids is 1. The van der Waals surface area contributed by atoms with E-state index in [0.717, 1.165) is 26.1 Å². The lowest BCUT2D eigenvalue weighted by atomic mass is 10.1. The van der Waals surface area contributed by atoms with Crippen molar-refractivity contribution in [3.63, 3.8) is 0 Å². The van der Waals surface area contributed by atoms with Gasteiger partial charge in [0.05, 0.1) is 5.92 Å². The zero-order chi connectivity index (χ0) is 15.2. The first-order valence-corrected chi connectivity index (χ1v) is 7.37. The minimum Gasteiger partial charge on any atom is -0.481 e. The highest BCUT2D eigenvalue weighted by atomic mass is 16.4. The largest absolute Gasteiger partial charge is 0.481 e. The maximum atomic E-state index is 12.4. The second-order valence-electron chi connectivity index (χ2n) is 5.55. The quantitative estimate of drug-likeness (QED) is 0.914. The van der Waals surface area contributed by atoms with Crippen LogP contribution in [0, 0.1) is 5.92 Å². The van der Waals surface area contributed by atoms with Crippen molar-refractivity contribution in [1.29, 1.82) is 0 Å². The molecule has 1 atom stereocenters. The summed E-state index contributed by atoms with van der Waals surface area (Å²) in [6, 6.07) is 9.29. The van der Waals surface area contributed by atoms with E-state index in [-0.39, 0.29) is 11.8 Å². The standard InChI is InChI=1S/C16H22N2O3/c1-13(16(20)21)12-17-8-5-9-18(11-10-17)15(19)14-6-3-2-4-7-14/h2-4,6-7,13H,5,8-12H2,1H3,(H,20,21). The first kappa shape index (κ1) is 15.5. The van der Waals surface area contributed by atoms with Gasteiger partial charge < -0.3 is 14.9 Å². The molecule has 5 heteroatoms. The molecule has 1 aliphatic heterocycles. The molecule has 1 aromatic rings. The van der Waals surface area contributed by atoms with Crippen molar-refractivity contribution in [2.45, 2.75) is 13.3 Å². The molecule has 1 fully saturated rings. The van der Waals surface area contributed by atoms with Crippen LogP contribution < -0.4 is 0 Å². The van der Waals surface area contributed by atoms with E-state index >= 15 is 0 Å². The van der Waals surface area contributed by atoms with Crippen LogP contribution in [0.5, 0.6) is 0 Å². The maximum absolute atomic E-state index is 12.4. The van der Waals surface area contributed by atoms with Crippen molar-refractivity contribution in [3.8, 4) is 0 Å². The van der Waals surface area contributed by atoms with Gasteiger partial charge >= 0.3 is 5.97 Å². The summed E-state index contributed by atoms with van der Waals surface area (Å²) in [6.45, 7) is 5.22. The molecular formula is C16H22N2O3. The minimum atomic E-state index is -0.767. The lowest BCUT2D eigenvalue weighted by molar-refractivity contribution is -0.141. The third-order valence-electron chi connectivity index (χ3n) is 3.85. The van der Waals surface area contributed by atoms with E-state index in [1.54, 1.807) is 6.92 Å². The molecule has 0 spiro atoms. The van der Waals surface area contributed by atoms with E-state index < -0.39 is 5.97 Å². The van der Waals surface area contributed by atoms with Crippen LogP contribution >= 0.6 is 0 Å². The zero-order valence-electron chi connectivity index (χ0n) is 12.4. The summed E-state index contributed by atoms with van der Waals surface area (Å²) in [5, 5.41) is 8.98. The van der Waals surface area contributed by atoms with Gasteiger partial charge in [0.2, 0.25) is 0 Å². The molecule has 5 nitrogen and oxygen atoms in total. The highest BCUT2D eigenvalue weighted by Crippen LogP contribution is 2.10. The molecular weight excluding hydrogens is 268 g/mol. The van der Waals surface area contributed by atoms with Gasteiger partial charge in [0.15, 0.2) is 0 Å². The predicted molar refractivity (Wildman–Crippen MR) is 80.2 cm³/mol. The molecule has 1 amide bonds. The Bertz CT molecular complexity index is 490. The molecule has 1 aliphatic rings. The van der Waals surface area contributed by atoms with Gasteiger partial charge in [-0.3, -0.25) is 9.59 Å². The molecule has 1 saturated heterocycles. The molecule has 21 heavy (non-hydrogen) atoms. The Morgan fingerprint density at radius 2 is 1.86 bits per heavy atom. The van der Waals surface area contributed by atoms with Crippen LogP contribution in [-0.2, 0) is 4.79 Å². The number of nitrogens with zero attached hydrogens (tertiary/aromatic N) is 2. The summed E-state index contributed by atoms with van der Waals surface area (Å²) in [4.78, 5) is 27.3. The van der Waals surface area contributed by atoms with Gasteiger partial charge in [-0.2, -0.15) is 0 Å². The van der Waals surface area contributed by atoms with Gasteiger partial charge in [0.25, 0.3) is 5.91 Å². The molecule has 0 saturated carbocycles. The van der Waals surface area contributed by atoms with E-state index in [1.807, 2.05) is 35.2 Å². The molecule has 0 bridgehead atoms. The van der Waals surface area contributed by atoms with Crippen molar-refractivity contribution in [1.82, 2.24) is 9.80 Å². The number of hydrogen-bond donors (Lipinski definition) is 1. The Hall–Kier alpha value is -1.88. The average molecular weight is 290 g/mol. The van der Waals surface area contributed by atoms with Gasteiger partial charge in [0.1, 0.15) is 0 Å². The average Bonchev–Trinajstić information content (AvgIpc) is 2.73. The Labute approximate surface area is 125 Å². The van der Waals surface area contributed by atoms with Crippen LogP contribution in [0.4, 0.5) is 0 Å². The summed E-state index contributed by atoms with van der Waals surface area (Å²) < 4.78 is 0. The molecule has 0 radical (unpaired) electrons. The van der Waals surface area contributed by atoms with Crippen molar-refractivity contribution in [3.05, 3.63) is 35.9 Å². The monoisotopic (exact) mass is 290 g/mol. The fraction of sp³-hybridized carbons (Fsp3) is 0.500. The number of carbonyl (C=O) groups excluding carboxylic acids is 1. The molecule has 1 N–H and O–H groups in total. The van der Waals surface area contributed by atoms with Crippen LogP contribution in [-0.4, -0.2) is 59.5 Å². The number of hydrogen-bond acceptors (Lipinski definition) is 3. The van der Waals surface area contributed by atoms with Gasteiger partial charge in [-0.15, -0.1) is 0 Å². The van der Waals surface area contributed by atoms with Crippen LogP contribution in [0.15, 0.2) is 30.3 Å². The molecule has 1 aromatic carbocycles. The van der Waals surface area contributed by atoms with Crippen molar-refractivity contribution < 1.29 is 14.7 Å². The summed E-state index contributed by atoms with van der Waals surface area (Å²) in [7, 11) is 0. The topological polar surface area (TPSA) is 60.9 Å². The first-order valence-electron chi connectivity index (χ1n) is 7.37. The van der Waals surface area contributed by atoms with Gasteiger partial charge in [-0.25, -0.2) is 0 Å².